The van der Waals surface area contributed by atoms with Crippen molar-refractivity contribution in [2.45, 2.75) is 46.1 Å². The zero-order valence-electron chi connectivity index (χ0n) is 13.4. The first-order valence-electron chi connectivity index (χ1n) is 7.59. The first-order chi connectivity index (χ1) is 9.88. The molecule has 0 spiro atoms. The topological polar surface area (TPSA) is 66.6 Å². The third-order valence-electron chi connectivity index (χ3n) is 3.92. The van der Waals surface area contributed by atoms with Gasteiger partial charge in [0.25, 0.3) is 5.69 Å². The second-order valence-corrected chi connectivity index (χ2v) is 5.69. The monoisotopic (exact) mass is 294 g/mol. The van der Waals surface area contributed by atoms with E-state index in [1.165, 1.54) is 12.1 Å². The molecule has 5 heteroatoms. The molecular formula is C16H26N2O3. The molecule has 1 fully saturated rings. The minimum Gasteiger partial charge on any atom is -0.390 e. The van der Waals surface area contributed by atoms with Crippen molar-refractivity contribution >= 4 is 11.4 Å². The van der Waals surface area contributed by atoms with Gasteiger partial charge < -0.3 is 10.0 Å². The van der Waals surface area contributed by atoms with Crippen LogP contribution >= 0.6 is 0 Å². The van der Waals surface area contributed by atoms with Crippen LogP contribution in [0.2, 0.25) is 0 Å². The Kier molecular flexibility index (Phi) is 6.15. The molecule has 0 atom stereocenters. The molecule has 1 aliphatic rings. The number of piperidine rings is 1. The van der Waals surface area contributed by atoms with Gasteiger partial charge in [-0.15, -0.1) is 0 Å². The minimum atomic E-state index is -0.623. The zero-order valence-corrected chi connectivity index (χ0v) is 13.4. The summed E-state index contributed by atoms with van der Waals surface area (Å²) in [7, 11) is 0. The zero-order chi connectivity index (χ0) is 16.0. The van der Waals surface area contributed by atoms with Crippen molar-refractivity contribution in [2.24, 2.45) is 5.92 Å². The first-order valence-corrected chi connectivity index (χ1v) is 7.59. The van der Waals surface area contributed by atoms with Gasteiger partial charge in [-0.05, 0) is 44.7 Å². The molecule has 0 aliphatic carbocycles. The molecule has 0 amide bonds. The Balaban J connectivity index is 0.00000106. The van der Waals surface area contributed by atoms with Crippen LogP contribution in [0.5, 0.6) is 0 Å². The highest BCUT2D eigenvalue weighted by molar-refractivity contribution is 5.51. The van der Waals surface area contributed by atoms with Gasteiger partial charge in [-0.2, -0.15) is 0 Å². The van der Waals surface area contributed by atoms with Crippen molar-refractivity contribution in [1.82, 2.24) is 0 Å². The number of aliphatic hydroxyl groups is 1. The lowest BCUT2D eigenvalue weighted by Crippen LogP contribution is -2.41. The predicted octanol–water partition coefficient (Wildman–Crippen LogP) is 3.61. The lowest BCUT2D eigenvalue weighted by molar-refractivity contribution is -0.384. The maximum absolute atomic E-state index is 10.6. The highest BCUT2D eigenvalue weighted by atomic mass is 16.6. The molecular weight excluding hydrogens is 268 g/mol. The minimum absolute atomic E-state index is 0.120. The van der Waals surface area contributed by atoms with Crippen LogP contribution in [-0.4, -0.2) is 28.7 Å². The fourth-order valence-electron chi connectivity index (χ4n) is 2.63. The van der Waals surface area contributed by atoms with Gasteiger partial charge in [-0.25, -0.2) is 0 Å². The van der Waals surface area contributed by atoms with E-state index in [1.807, 2.05) is 27.7 Å². The van der Waals surface area contributed by atoms with E-state index in [2.05, 4.69) is 4.90 Å². The number of hydrogen-bond donors (Lipinski definition) is 1. The fourth-order valence-corrected chi connectivity index (χ4v) is 2.63. The first kappa shape index (κ1) is 17.4. The normalized spacial score (nSPS) is 16.1. The van der Waals surface area contributed by atoms with Crippen LogP contribution in [0.4, 0.5) is 11.4 Å². The van der Waals surface area contributed by atoms with Crippen molar-refractivity contribution < 1.29 is 10.0 Å². The van der Waals surface area contributed by atoms with Gasteiger partial charge >= 0.3 is 0 Å². The van der Waals surface area contributed by atoms with Gasteiger partial charge in [-0.1, -0.05) is 13.8 Å². The molecule has 118 valence electrons. The summed E-state index contributed by atoms with van der Waals surface area (Å²) in [6, 6.07) is 6.67. The molecule has 1 aromatic carbocycles. The second kappa shape index (κ2) is 7.41. The van der Waals surface area contributed by atoms with Crippen LogP contribution in [0.1, 0.15) is 40.5 Å². The number of hydrogen-bond acceptors (Lipinski definition) is 4. The molecule has 0 radical (unpaired) electrons. The van der Waals surface area contributed by atoms with Crippen LogP contribution in [0.25, 0.3) is 0 Å². The molecule has 1 N–H and O–H groups in total. The van der Waals surface area contributed by atoms with E-state index in [0.717, 1.165) is 31.6 Å². The summed E-state index contributed by atoms with van der Waals surface area (Å²) in [5, 5.41) is 20.6. The van der Waals surface area contributed by atoms with Gasteiger partial charge in [0.2, 0.25) is 0 Å². The molecule has 0 aromatic heterocycles. The van der Waals surface area contributed by atoms with E-state index in [1.54, 1.807) is 12.1 Å². The van der Waals surface area contributed by atoms with Gasteiger partial charge in [0, 0.05) is 30.9 Å². The van der Waals surface area contributed by atoms with Crippen LogP contribution in [0.15, 0.2) is 24.3 Å². The predicted molar refractivity (Wildman–Crippen MR) is 85.7 cm³/mol. The Labute approximate surface area is 126 Å². The van der Waals surface area contributed by atoms with Crippen molar-refractivity contribution in [3.63, 3.8) is 0 Å². The van der Waals surface area contributed by atoms with Crippen molar-refractivity contribution in [1.29, 1.82) is 0 Å². The van der Waals surface area contributed by atoms with Crippen LogP contribution in [0.3, 0.4) is 0 Å². The summed E-state index contributed by atoms with van der Waals surface area (Å²) in [4.78, 5) is 12.4. The number of anilines is 1. The Morgan fingerprint density at radius 2 is 1.67 bits per heavy atom. The number of nitrogens with zero attached hydrogens (tertiary/aromatic N) is 2. The summed E-state index contributed by atoms with van der Waals surface area (Å²) in [5.74, 6) is 0.321. The lowest BCUT2D eigenvalue weighted by atomic mass is 9.83. The van der Waals surface area contributed by atoms with Crippen molar-refractivity contribution in [3.8, 4) is 0 Å². The van der Waals surface area contributed by atoms with Crippen LogP contribution < -0.4 is 4.90 Å². The molecule has 5 nitrogen and oxygen atoms in total. The maximum Gasteiger partial charge on any atom is 0.269 e. The highest BCUT2D eigenvalue weighted by Gasteiger charge is 2.30. The van der Waals surface area contributed by atoms with Crippen molar-refractivity contribution in [3.05, 3.63) is 34.4 Å². The summed E-state index contributed by atoms with van der Waals surface area (Å²) in [6.45, 7) is 9.48. The fraction of sp³-hybridized carbons (Fsp3) is 0.625. The van der Waals surface area contributed by atoms with E-state index in [9.17, 15) is 15.2 Å². The average molecular weight is 294 g/mol. The number of rotatable bonds is 3. The largest absolute Gasteiger partial charge is 0.390 e. The number of nitro benzene ring substituents is 1. The summed E-state index contributed by atoms with van der Waals surface area (Å²) < 4.78 is 0. The lowest BCUT2D eigenvalue weighted by Gasteiger charge is -2.38. The average Bonchev–Trinajstić information content (AvgIpc) is 2.49. The highest BCUT2D eigenvalue weighted by Crippen LogP contribution is 2.30. The molecule has 1 heterocycles. The quantitative estimate of drug-likeness (QED) is 0.683. The van der Waals surface area contributed by atoms with E-state index < -0.39 is 5.60 Å². The molecule has 1 aliphatic heterocycles. The Bertz CT molecular complexity index is 444. The molecule has 0 bridgehead atoms. The third kappa shape index (κ3) is 4.70. The molecule has 2 rings (SSSR count). The Morgan fingerprint density at radius 1 is 1.19 bits per heavy atom. The smallest absolute Gasteiger partial charge is 0.269 e. The number of nitro groups is 1. The Hall–Kier alpha value is -1.62. The third-order valence-corrected chi connectivity index (χ3v) is 3.92. The van der Waals surface area contributed by atoms with Gasteiger partial charge in [0.1, 0.15) is 0 Å². The molecule has 1 saturated heterocycles. The Morgan fingerprint density at radius 3 is 2.05 bits per heavy atom. The van der Waals surface area contributed by atoms with Crippen LogP contribution in [0, 0.1) is 16.0 Å². The maximum atomic E-state index is 10.6. The summed E-state index contributed by atoms with van der Waals surface area (Å²) >= 11 is 0. The second-order valence-electron chi connectivity index (χ2n) is 5.69. The summed E-state index contributed by atoms with van der Waals surface area (Å²) in [5.41, 5.74) is 0.511. The number of benzene rings is 1. The van der Waals surface area contributed by atoms with Gasteiger partial charge in [0.15, 0.2) is 0 Å². The van der Waals surface area contributed by atoms with E-state index >= 15 is 0 Å². The van der Waals surface area contributed by atoms with E-state index in [0.29, 0.717) is 5.92 Å². The SMILES string of the molecule is CC.CC(C)(O)C1CCN(c2ccc([N+](=O)[O-])cc2)CC1. The molecule has 1 aromatic rings. The molecule has 21 heavy (non-hydrogen) atoms. The standard InChI is InChI=1S/C14H20N2O3.C2H6/c1-14(2,17)11-7-9-15(10-8-11)12-3-5-13(6-4-12)16(18)19;1-2/h3-6,11,17H,7-10H2,1-2H3;1-2H3. The summed E-state index contributed by atoms with van der Waals surface area (Å²) in [6.07, 6.45) is 1.89. The van der Waals surface area contributed by atoms with Crippen LogP contribution in [-0.2, 0) is 0 Å². The molecule has 0 unspecified atom stereocenters. The van der Waals surface area contributed by atoms with E-state index in [-0.39, 0.29) is 10.6 Å². The van der Waals surface area contributed by atoms with E-state index in [4.69, 9.17) is 0 Å². The number of non-ortho nitro benzene ring substituents is 1. The van der Waals surface area contributed by atoms with Crippen molar-refractivity contribution in [2.75, 3.05) is 18.0 Å². The molecule has 0 saturated carbocycles. The van der Waals surface area contributed by atoms with Gasteiger partial charge in [-0.3, -0.25) is 10.1 Å². The van der Waals surface area contributed by atoms with Gasteiger partial charge in [0.05, 0.1) is 10.5 Å².